The lowest BCUT2D eigenvalue weighted by molar-refractivity contribution is 0.0173. The number of guanidine groups is 1. The normalized spacial score (nSPS) is 20.6. The van der Waals surface area contributed by atoms with E-state index >= 15 is 0 Å². The van der Waals surface area contributed by atoms with Gasteiger partial charge in [-0.05, 0) is 83.2 Å². The maximum Gasteiger partial charge on any atom is 0.191 e. The molecular weight excluding hydrogens is 378 g/mol. The number of piperidine rings is 2. The van der Waals surface area contributed by atoms with E-state index in [4.69, 9.17) is 9.47 Å². The van der Waals surface area contributed by atoms with Gasteiger partial charge in [-0.3, -0.25) is 9.89 Å². The van der Waals surface area contributed by atoms with Crippen LogP contribution in [0.5, 0.6) is 11.5 Å². The van der Waals surface area contributed by atoms with Crippen LogP contribution in [0.2, 0.25) is 0 Å². The number of aliphatic imine (C=N–C) groups is 1. The third kappa shape index (κ3) is 6.25. The van der Waals surface area contributed by atoms with Crippen LogP contribution in [0.15, 0.2) is 29.3 Å². The fourth-order valence-corrected chi connectivity index (χ4v) is 4.49. The number of methoxy groups -OCH3 is 1. The standard InChI is InChI=1S/C23H39N5O2/c1-24-22(25-13-18-30-21-9-7-20(29-3)8-10-21)26-19-23(11-16-27(2)17-12-23)28-14-5-4-6-15-28/h7-10H,4-6,11-19H2,1-3H3,(H2,24,25,26). The summed E-state index contributed by atoms with van der Waals surface area (Å²) < 4.78 is 11.0. The molecule has 168 valence electrons. The molecule has 0 aliphatic carbocycles. The predicted octanol–water partition coefficient (Wildman–Crippen LogP) is 2.19. The number of benzene rings is 1. The monoisotopic (exact) mass is 417 g/mol. The summed E-state index contributed by atoms with van der Waals surface area (Å²) in [5.74, 6) is 2.53. The average Bonchev–Trinajstić information content (AvgIpc) is 2.81. The first-order valence-corrected chi connectivity index (χ1v) is 11.3. The molecule has 0 spiro atoms. The predicted molar refractivity (Wildman–Crippen MR) is 123 cm³/mol. The van der Waals surface area contributed by atoms with Gasteiger partial charge < -0.3 is 25.0 Å². The highest BCUT2D eigenvalue weighted by Gasteiger charge is 2.39. The quantitative estimate of drug-likeness (QED) is 0.384. The average molecular weight is 418 g/mol. The van der Waals surface area contributed by atoms with Crippen molar-refractivity contribution < 1.29 is 9.47 Å². The van der Waals surface area contributed by atoms with Gasteiger partial charge in [0.25, 0.3) is 0 Å². The maximum absolute atomic E-state index is 5.81. The molecule has 7 nitrogen and oxygen atoms in total. The molecule has 7 heteroatoms. The maximum atomic E-state index is 5.81. The van der Waals surface area contributed by atoms with Crippen LogP contribution >= 0.6 is 0 Å². The smallest absolute Gasteiger partial charge is 0.191 e. The van der Waals surface area contributed by atoms with Gasteiger partial charge in [-0.1, -0.05) is 6.42 Å². The summed E-state index contributed by atoms with van der Waals surface area (Å²) in [5.41, 5.74) is 0.240. The molecule has 2 aliphatic heterocycles. The number of ether oxygens (including phenoxy) is 2. The van der Waals surface area contributed by atoms with E-state index in [2.05, 4.69) is 32.5 Å². The molecule has 0 amide bonds. The van der Waals surface area contributed by atoms with Gasteiger partial charge in [-0.15, -0.1) is 0 Å². The van der Waals surface area contributed by atoms with Crippen molar-refractivity contribution in [1.29, 1.82) is 0 Å². The molecule has 0 radical (unpaired) electrons. The van der Waals surface area contributed by atoms with Crippen molar-refractivity contribution in [2.75, 3.05) is 67.1 Å². The topological polar surface area (TPSA) is 61.4 Å². The molecule has 2 fully saturated rings. The zero-order valence-electron chi connectivity index (χ0n) is 19.0. The van der Waals surface area contributed by atoms with Crippen LogP contribution in [0.4, 0.5) is 0 Å². The zero-order valence-corrected chi connectivity index (χ0v) is 19.0. The van der Waals surface area contributed by atoms with Crippen LogP contribution in [-0.2, 0) is 0 Å². The Labute approximate surface area is 181 Å². The highest BCUT2D eigenvalue weighted by Crippen LogP contribution is 2.30. The van der Waals surface area contributed by atoms with Crippen molar-refractivity contribution in [3.63, 3.8) is 0 Å². The summed E-state index contributed by atoms with van der Waals surface area (Å²) in [4.78, 5) is 9.62. The van der Waals surface area contributed by atoms with Gasteiger partial charge in [0.2, 0.25) is 0 Å². The van der Waals surface area contributed by atoms with Gasteiger partial charge in [0.15, 0.2) is 5.96 Å². The van der Waals surface area contributed by atoms with E-state index in [1.165, 1.54) is 58.3 Å². The summed E-state index contributed by atoms with van der Waals surface area (Å²) in [5, 5.41) is 7.00. The van der Waals surface area contributed by atoms with E-state index in [0.717, 1.165) is 24.0 Å². The van der Waals surface area contributed by atoms with Gasteiger partial charge in [-0.25, -0.2) is 0 Å². The second-order valence-corrected chi connectivity index (χ2v) is 8.45. The minimum absolute atomic E-state index is 0.240. The Kier molecular flexibility index (Phi) is 8.63. The Morgan fingerprint density at radius 2 is 1.67 bits per heavy atom. The molecule has 0 saturated carbocycles. The number of nitrogens with zero attached hydrogens (tertiary/aromatic N) is 3. The van der Waals surface area contributed by atoms with E-state index in [1.807, 2.05) is 31.3 Å². The Balaban J connectivity index is 1.46. The molecule has 0 unspecified atom stereocenters. The number of rotatable bonds is 8. The van der Waals surface area contributed by atoms with Crippen LogP contribution < -0.4 is 20.1 Å². The van der Waals surface area contributed by atoms with Crippen molar-refractivity contribution in [1.82, 2.24) is 20.4 Å². The van der Waals surface area contributed by atoms with Crippen molar-refractivity contribution in [3.8, 4) is 11.5 Å². The SMILES string of the molecule is CN=C(NCCOc1ccc(OC)cc1)NCC1(N2CCCCC2)CCN(C)CC1. The molecular formula is C23H39N5O2. The van der Waals surface area contributed by atoms with Crippen molar-refractivity contribution in [2.24, 2.45) is 4.99 Å². The molecule has 2 saturated heterocycles. The summed E-state index contributed by atoms with van der Waals surface area (Å²) in [6, 6.07) is 7.67. The molecule has 0 aromatic heterocycles. The second-order valence-electron chi connectivity index (χ2n) is 8.45. The third-order valence-electron chi connectivity index (χ3n) is 6.48. The lowest BCUT2D eigenvalue weighted by Crippen LogP contribution is -2.62. The van der Waals surface area contributed by atoms with E-state index in [9.17, 15) is 0 Å². The Morgan fingerprint density at radius 3 is 2.30 bits per heavy atom. The first-order valence-electron chi connectivity index (χ1n) is 11.3. The molecule has 0 bridgehead atoms. The second kappa shape index (κ2) is 11.4. The number of likely N-dealkylation sites (tertiary alicyclic amines) is 2. The van der Waals surface area contributed by atoms with E-state index < -0.39 is 0 Å². The molecule has 0 atom stereocenters. The van der Waals surface area contributed by atoms with Crippen LogP contribution in [0.3, 0.4) is 0 Å². The summed E-state index contributed by atoms with van der Waals surface area (Å²) in [6.45, 7) is 7.01. The first-order chi connectivity index (χ1) is 14.6. The molecule has 2 aliphatic rings. The van der Waals surface area contributed by atoms with Crippen LogP contribution in [0, 0.1) is 0 Å². The molecule has 1 aromatic carbocycles. The molecule has 30 heavy (non-hydrogen) atoms. The molecule has 2 N–H and O–H groups in total. The number of hydrogen-bond donors (Lipinski definition) is 2. The summed E-state index contributed by atoms with van der Waals surface area (Å²) in [6.07, 6.45) is 6.46. The van der Waals surface area contributed by atoms with E-state index in [0.29, 0.717) is 13.2 Å². The lowest BCUT2D eigenvalue weighted by atomic mass is 9.84. The summed E-state index contributed by atoms with van der Waals surface area (Å²) in [7, 11) is 5.73. The Morgan fingerprint density at radius 1 is 1.00 bits per heavy atom. The lowest BCUT2D eigenvalue weighted by Gasteiger charge is -2.50. The van der Waals surface area contributed by atoms with Crippen LogP contribution in [0.1, 0.15) is 32.1 Å². The van der Waals surface area contributed by atoms with Crippen molar-refractivity contribution in [2.45, 2.75) is 37.6 Å². The van der Waals surface area contributed by atoms with Crippen molar-refractivity contribution in [3.05, 3.63) is 24.3 Å². The van der Waals surface area contributed by atoms with Gasteiger partial charge in [0, 0.05) is 19.1 Å². The molecule has 2 heterocycles. The number of nitrogens with one attached hydrogen (secondary N) is 2. The van der Waals surface area contributed by atoms with E-state index in [-0.39, 0.29) is 5.54 Å². The largest absolute Gasteiger partial charge is 0.497 e. The minimum Gasteiger partial charge on any atom is -0.497 e. The van der Waals surface area contributed by atoms with Crippen molar-refractivity contribution >= 4 is 5.96 Å². The summed E-state index contributed by atoms with van der Waals surface area (Å²) >= 11 is 0. The highest BCUT2D eigenvalue weighted by molar-refractivity contribution is 5.79. The molecule has 3 rings (SSSR count). The van der Waals surface area contributed by atoms with Gasteiger partial charge >= 0.3 is 0 Å². The minimum atomic E-state index is 0.240. The van der Waals surface area contributed by atoms with Crippen LogP contribution in [-0.4, -0.2) is 88.4 Å². The highest BCUT2D eigenvalue weighted by atomic mass is 16.5. The molecule has 1 aromatic rings. The zero-order chi connectivity index (χ0) is 21.2. The van der Waals surface area contributed by atoms with E-state index in [1.54, 1.807) is 7.11 Å². The van der Waals surface area contributed by atoms with Crippen LogP contribution in [0.25, 0.3) is 0 Å². The Bertz CT molecular complexity index is 650. The number of hydrogen-bond acceptors (Lipinski definition) is 5. The fraction of sp³-hybridized carbons (Fsp3) is 0.696. The fourth-order valence-electron chi connectivity index (χ4n) is 4.49. The van der Waals surface area contributed by atoms with Gasteiger partial charge in [0.1, 0.15) is 18.1 Å². The van der Waals surface area contributed by atoms with Gasteiger partial charge in [0.05, 0.1) is 13.7 Å². The van der Waals surface area contributed by atoms with Gasteiger partial charge in [-0.2, -0.15) is 0 Å². The first kappa shape index (κ1) is 22.7. The Hall–Kier alpha value is -1.99. The third-order valence-corrected chi connectivity index (χ3v) is 6.48.